The van der Waals surface area contributed by atoms with E-state index in [9.17, 15) is 18.8 Å². The average molecular weight is 486 g/mol. The van der Waals surface area contributed by atoms with Crippen LogP contribution >= 0.6 is 0 Å². The Balaban J connectivity index is 1.67. The van der Waals surface area contributed by atoms with Gasteiger partial charge < -0.3 is 10.1 Å². The van der Waals surface area contributed by atoms with Crippen LogP contribution in [-0.4, -0.2) is 22.0 Å². The van der Waals surface area contributed by atoms with Gasteiger partial charge in [-0.2, -0.15) is 0 Å². The minimum atomic E-state index is -0.715. The van der Waals surface area contributed by atoms with Crippen LogP contribution in [0.3, 0.4) is 0 Å². The van der Waals surface area contributed by atoms with Crippen molar-refractivity contribution in [1.29, 1.82) is 0 Å². The quantitative estimate of drug-likeness (QED) is 0.286. The number of carbonyl (C=O) groups is 1. The summed E-state index contributed by atoms with van der Waals surface area (Å²) in [5, 5.41) is 2.97. The number of benzene rings is 3. The van der Waals surface area contributed by atoms with E-state index in [1.54, 1.807) is 31.4 Å². The molecule has 0 amide bonds. The van der Waals surface area contributed by atoms with Gasteiger partial charge in [-0.3, -0.25) is 18.7 Å². The third-order valence-electron chi connectivity index (χ3n) is 5.53. The zero-order valence-electron chi connectivity index (χ0n) is 19.6. The normalized spacial score (nSPS) is 10.9. The first-order valence-corrected chi connectivity index (χ1v) is 11.2. The topological polar surface area (TPSA) is 82.3 Å². The smallest absolute Gasteiger partial charge is 0.331 e. The fourth-order valence-electron chi connectivity index (χ4n) is 3.62. The highest BCUT2D eigenvalue weighted by molar-refractivity contribution is 6.04. The number of rotatable bonds is 9. The number of allylic oxidation sites excluding steroid dienone is 1. The molecule has 0 fully saturated rings. The standard InChI is InChI=1S/C28H24FN3O4/c1-36-24-13-11-23(12-14-24)30-16-15-26(33)25-19-31(17-20-5-3-2-4-6-20)28(35)32(27(25)34)18-21-7-9-22(29)10-8-21/h2-16,19,30H,17-18H2,1H3/b16-15+. The number of hydrogen-bond donors (Lipinski definition) is 1. The van der Waals surface area contributed by atoms with Crippen LogP contribution in [-0.2, 0) is 13.1 Å². The van der Waals surface area contributed by atoms with E-state index in [0.29, 0.717) is 11.3 Å². The second kappa shape index (κ2) is 11.1. The number of ketones is 1. The molecule has 0 bridgehead atoms. The van der Waals surface area contributed by atoms with E-state index >= 15 is 0 Å². The molecule has 0 aliphatic carbocycles. The Morgan fingerprint density at radius 1 is 0.917 bits per heavy atom. The molecule has 0 aliphatic rings. The Morgan fingerprint density at radius 2 is 1.58 bits per heavy atom. The summed E-state index contributed by atoms with van der Waals surface area (Å²) in [5.74, 6) is -0.287. The Hall–Kier alpha value is -4.72. The molecule has 0 saturated carbocycles. The van der Waals surface area contributed by atoms with Crippen LogP contribution in [0.4, 0.5) is 10.1 Å². The van der Waals surface area contributed by atoms with Gasteiger partial charge in [0.2, 0.25) is 0 Å². The molecule has 1 heterocycles. The van der Waals surface area contributed by atoms with Gasteiger partial charge in [0.05, 0.1) is 20.2 Å². The van der Waals surface area contributed by atoms with E-state index in [1.807, 2.05) is 30.3 Å². The Labute approximate surface area is 206 Å². The molecule has 4 rings (SSSR count). The van der Waals surface area contributed by atoms with Gasteiger partial charge >= 0.3 is 5.69 Å². The second-order valence-corrected chi connectivity index (χ2v) is 8.03. The molecular formula is C28H24FN3O4. The number of hydrogen-bond acceptors (Lipinski definition) is 5. The summed E-state index contributed by atoms with van der Waals surface area (Å²) in [7, 11) is 1.57. The summed E-state index contributed by atoms with van der Waals surface area (Å²) in [6.45, 7) is 0.0825. The van der Waals surface area contributed by atoms with Crippen molar-refractivity contribution in [2.45, 2.75) is 13.1 Å². The molecule has 0 radical (unpaired) electrons. The molecule has 0 unspecified atom stereocenters. The number of aromatic nitrogens is 2. The molecule has 3 aromatic carbocycles. The molecule has 0 saturated heterocycles. The van der Waals surface area contributed by atoms with Crippen LogP contribution in [0.1, 0.15) is 21.5 Å². The van der Waals surface area contributed by atoms with Crippen LogP contribution in [0.25, 0.3) is 0 Å². The number of nitrogens with zero attached hydrogens (tertiary/aromatic N) is 2. The van der Waals surface area contributed by atoms with Gasteiger partial charge in [0.1, 0.15) is 17.1 Å². The summed E-state index contributed by atoms with van der Waals surface area (Å²) in [5.41, 5.74) is 0.686. The van der Waals surface area contributed by atoms with Gasteiger partial charge in [-0.05, 0) is 47.5 Å². The lowest BCUT2D eigenvalue weighted by molar-refractivity contribution is 0.104. The van der Waals surface area contributed by atoms with Gasteiger partial charge in [-0.1, -0.05) is 42.5 Å². The highest BCUT2D eigenvalue weighted by Crippen LogP contribution is 2.15. The van der Waals surface area contributed by atoms with Crippen molar-refractivity contribution in [1.82, 2.24) is 9.13 Å². The van der Waals surface area contributed by atoms with Crippen LogP contribution in [0.15, 0.2) is 107 Å². The maximum atomic E-state index is 13.3. The van der Waals surface area contributed by atoms with Crippen LogP contribution in [0.2, 0.25) is 0 Å². The number of methoxy groups -OCH3 is 1. The van der Waals surface area contributed by atoms with Crippen molar-refractivity contribution in [3.05, 3.63) is 141 Å². The van der Waals surface area contributed by atoms with E-state index in [2.05, 4.69) is 5.32 Å². The minimum Gasteiger partial charge on any atom is -0.497 e. The SMILES string of the molecule is COc1ccc(N/C=C/C(=O)c2cn(Cc3ccccc3)c(=O)n(Cc3ccc(F)cc3)c2=O)cc1. The average Bonchev–Trinajstić information content (AvgIpc) is 2.90. The van der Waals surface area contributed by atoms with E-state index in [-0.39, 0.29) is 18.7 Å². The Kier molecular flexibility index (Phi) is 7.55. The summed E-state index contributed by atoms with van der Waals surface area (Å²) in [4.78, 5) is 39.4. The molecule has 8 heteroatoms. The number of anilines is 1. The lowest BCUT2D eigenvalue weighted by Crippen LogP contribution is -2.42. The molecule has 0 aliphatic heterocycles. The van der Waals surface area contributed by atoms with Gasteiger partial charge in [-0.15, -0.1) is 0 Å². The zero-order chi connectivity index (χ0) is 25.5. The number of halogens is 1. The van der Waals surface area contributed by atoms with Gasteiger partial charge in [0, 0.05) is 24.2 Å². The number of carbonyl (C=O) groups excluding carboxylic acids is 1. The van der Waals surface area contributed by atoms with Crippen LogP contribution in [0, 0.1) is 5.82 Å². The van der Waals surface area contributed by atoms with Gasteiger partial charge in [0.15, 0.2) is 5.78 Å². The van der Waals surface area contributed by atoms with Crippen molar-refractivity contribution in [2.24, 2.45) is 0 Å². The van der Waals surface area contributed by atoms with Crippen molar-refractivity contribution in [3.63, 3.8) is 0 Å². The Morgan fingerprint density at radius 3 is 2.25 bits per heavy atom. The summed E-state index contributed by atoms with van der Waals surface area (Å²) in [6.07, 6.45) is 3.96. The minimum absolute atomic E-state index is 0.0956. The maximum Gasteiger partial charge on any atom is 0.331 e. The van der Waals surface area contributed by atoms with E-state index in [1.165, 1.54) is 47.3 Å². The molecule has 4 aromatic rings. The zero-order valence-corrected chi connectivity index (χ0v) is 19.6. The molecule has 0 spiro atoms. The van der Waals surface area contributed by atoms with Crippen molar-refractivity contribution in [2.75, 3.05) is 12.4 Å². The monoisotopic (exact) mass is 485 g/mol. The third-order valence-corrected chi connectivity index (χ3v) is 5.53. The molecule has 182 valence electrons. The number of nitrogens with one attached hydrogen (secondary N) is 1. The van der Waals surface area contributed by atoms with Gasteiger partial charge in [0.25, 0.3) is 5.56 Å². The fourth-order valence-corrected chi connectivity index (χ4v) is 3.62. The first-order chi connectivity index (χ1) is 17.4. The van der Waals surface area contributed by atoms with Crippen LogP contribution < -0.4 is 21.3 Å². The van der Waals surface area contributed by atoms with Crippen molar-refractivity contribution in [3.8, 4) is 5.75 Å². The first kappa shape index (κ1) is 24.4. The molecular weight excluding hydrogens is 461 g/mol. The second-order valence-electron chi connectivity index (χ2n) is 8.03. The van der Waals surface area contributed by atoms with E-state index in [0.717, 1.165) is 15.8 Å². The lowest BCUT2D eigenvalue weighted by atomic mass is 10.2. The fraction of sp³-hybridized carbons (Fsp3) is 0.107. The molecule has 7 nitrogen and oxygen atoms in total. The van der Waals surface area contributed by atoms with Crippen LogP contribution in [0.5, 0.6) is 5.75 Å². The molecule has 1 N–H and O–H groups in total. The molecule has 0 atom stereocenters. The Bertz CT molecular complexity index is 1490. The molecule has 1 aromatic heterocycles. The summed E-state index contributed by atoms with van der Waals surface area (Å²) >= 11 is 0. The third kappa shape index (κ3) is 5.85. The largest absolute Gasteiger partial charge is 0.497 e. The van der Waals surface area contributed by atoms with Crippen molar-refractivity contribution >= 4 is 11.5 Å². The highest BCUT2D eigenvalue weighted by Gasteiger charge is 2.16. The maximum absolute atomic E-state index is 13.3. The van der Waals surface area contributed by atoms with Crippen molar-refractivity contribution < 1.29 is 13.9 Å². The highest BCUT2D eigenvalue weighted by atomic mass is 19.1. The number of ether oxygens (including phenoxy) is 1. The predicted octanol–water partition coefficient (Wildman–Crippen LogP) is 4.06. The van der Waals surface area contributed by atoms with Gasteiger partial charge in [-0.25, -0.2) is 9.18 Å². The predicted molar refractivity (Wildman–Crippen MR) is 136 cm³/mol. The van der Waals surface area contributed by atoms with E-state index < -0.39 is 22.8 Å². The summed E-state index contributed by atoms with van der Waals surface area (Å²) < 4.78 is 20.8. The molecule has 36 heavy (non-hydrogen) atoms. The van der Waals surface area contributed by atoms with E-state index in [4.69, 9.17) is 4.74 Å². The first-order valence-electron chi connectivity index (χ1n) is 11.2. The summed E-state index contributed by atoms with van der Waals surface area (Å²) in [6, 6.07) is 21.8. The lowest BCUT2D eigenvalue weighted by Gasteiger charge is -2.13.